The number of benzene rings is 1. The second-order valence-corrected chi connectivity index (χ2v) is 7.45. The Kier molecular flexibility index (Phi) is 2.91. The van der Waals surface area contributed by atoms with Gasteiger partial charge in [-0.25, -0.2) is 4.39 Å². The predicted octanol–water partition coefficient (Wildman–Crippen LogP) is 4.21. The van der Waals surface area contributed by atoms with Gasteiger partial charge in [0.15, 0.2) is 0 Å². The first-order chi connectivity index (χ1) is 9.58. The van der Waals surface area contributed by atoms with Crippen LogP contribution in [0.4, 0.5) is 4.39 Å². The van der Waals surface area contributed by atoms with Gasteiger partial charge in [-0.1, -0.05) is 24.1 Å². The highest BCUT2D eigenvalue weighted by atomic mass is 35.5. The van der Waals surface area contributed by atoms with Gasteiger partial charge in [0.05, 0.1) is 5.60 Å². The summed E-state index contributed by atoms with van der Waals surface area (Å²) in [6.07, 6.45) is 6.24. The van der Waals surface area contributed by atoms with Gasteiger partial charge in [-0.15, -0.1) is 0 Å². The molecule has 3 aliphatic carbocycles. The van der Waals surface area contributed by atoms with Crippen LogP contribution in [0.1, 0.15) is 37.7 Å². The first-order valence-electron chi connectivity index (χ1n) is 7.74. The zero-order valence-corrected chi connectivity index (χ0v) is 12.2. The van der Waals surface area contributed by atoms with Gasteiger partial charge in [-0.3, -0.25) is 0 Å². The fourth-order valence-electron chi connectivity index (χ4n) is 5.45. The Morgan fingerprint density at radius 1 is 1.30 bits per heavy atom. The Balaban J connectivity index is 1.63. The van der Waals surface area contributed by atoms with Crippen molar-refractivity contribution >= 4 is 11.6 Å². The van der Waals surface area contributed by atoms with E-state index in [9.17, 15) is 9.50 Å². The Morgan fingerprint density at radius 2 is 2.10 bits per heavy atom. The van der Waals surface area contributed by atoms with E-state index in [4.69, 9.17) is 11.6 Å². The summed E-state index contributed by atoms with van der Waals surface area (Å²) in [4.78, 5) is 0. The fraction of sp³-hybridized carbons (Fsp3) is 0.647. The van der Waals surface area contributed by atoms with Crippen molar-refractivity contribution in [2.45, 2.75) is 44.1 Å². The summed E-state index contributed by atoms with van der Waals surface area (Å²) in [7, 11) is 0. The van der Waals surface area contributed by atoms with Crippen molar-refractivity contribution in [3.8, 4) is 0 Å². The lowest BCUT2D eigenvalue weighted by atomic mass is 9.70. The van der Waals surface area contributed by atoms with Crippen molar-refractivity contribution in [1.29, 1.82) is 0 Å². The minimum Gasteiger partial charge on any atom is -0.389 e. The second kappa shape index (κ2) is 4.45. The molecule has 20 heavy (non-hydrogen) atoms. The van der Waals surface area contributed by atoms with E-state index in [1.165, 1.54) is 25.3 Å². The van der Waals surface area contributed by atoms with Crippen molar-refractivity contribution in [3.05, 3.63) is 34.6 Å². The summed E-state index contributed by atoms with van der Waals surface area (Å²) in [6, 6.07) is 4.78. The molecule has 4 rings (SSSR count). The van der Waals surface area contributed by atoms with Crippen LogP contribution in [0.2, 0.25) is 5.02 Å². The molecule has 0 amide bonds. The Hall–Kier alpha value is -0.600. The monoisotopic (exact) mass is 294 g/mol. The highest BCUT2D eigenvalue weighted by Gasteiger charge is 2.60. The molecule has 5 unspecified atom stereocenters. The van der Waals surface area contributed by atoms with Crippen molar-refractivity contribution in [2.75, 3.05) is 0 Å². The molecule has 2 bridgehead atoms. The molecule has 3 aliphatic rings. The highest BCUT2D eigenvalue weighted by Crippen LogP contribution is 2.63. The molecule has 0 aliphatic heterocycles. The van der Waals surface area contributed by atoms with Crippen LogP contribution in [0.15, 0.2) is 18.2 Å². The molecule has 1 aromatic rings. The minimum absolute atomic E-state index is 0.281. The molecule has 1 nitrogen and oxygen atoms in total. The van der Waals surface area contributed by atoms with Crippen LogP contribution in [-0.4, -0.2) is 10.7 Å². The lowest BCUT2D eigenvalue weighted by Gasteiger charge is -2.39. The van der Waals surface area contributed by atoms with Gasteiger partial charge in [-0.05, 0) is 61.5 Å². The van der Waals surface area contributed by atoms with Gasteiger partial charge < -0.3 is 5.11 Å². The molecule has 3 heteroatoms. The molecule has 3 saturated carbocycles. The molecule has 0 heterocycles. The summed E-state index contributed by atoms with van der Waals surface area (Å²) in [5.74, 6) is 2.23. The molecule has 3 fully saturated rings. The lowest BCUT2D eigenvalue weighted by molar-refractivity contribution is -0.0455. The smallest absolute Gasteiger partial charge is 0.127 e. The van der Waals surface area contributed by atoms with Gasteiger partial charge in [0.25, 0.3) is 0 Å². The first-order valence-corrected chi connectivity index (χ1v) is 8.11. The third kappa shape index (κ3) is 1.77. The topological polar surface area (TPSA) is 20.2 Å². The normalized spacial score (nSPS) is 42.1. The molecular formula is C17H20ClFO. The summed E-state index contributed by atoms with van der Waals surface area (Å²) in [5.41, 5.74) is -0.235. The Labute approximate surface area is 124 Å². The molecule has 0 aromatic heterocycles. The van der Waals surface area contributed by atoms with Crippen LogP contribution in [0, 0.1) is 29.5 Å². The SMILES string of the molecule is OC1(Cc2c(F)cccc2Cl)CC2CC1C1CCCC21. The summed E-state index contributed by atoms with van der Waals surface area (Å²) in [5, 5.41) is 11.6. The second-order valence-electron chi connectivity index (χ2n) is 7.05. The van der Waals surface area contributed by atoms with Crippen LogP contribution < -0.4 is 0 Å². The first kappa shape index (κ1) is 13.1. The maximum atomic E-state index is 14.0. The van der Waals surface area contributed by atoms with E-state index < -0.39 is 5.60 Å². The quantitative estimate of drug-likeness (QED) is 0.866. The lowest BCUT2D eigenvalue weighted by Crippen LogP contribution is -2.43. The number of aliphatic hydroxyl groups is 1. The molecule has 5 atom stereocenters. The summed E-state index contributed by atoms with van der Waals surface area (Å²) < 4.78 is 14.0. The van der Waals surface area contributed by atoms with Gasteiger partial charge in [0.1, 0.15) is 5.82 Å². The molecular weight excluding hydrogens is 275 g/mol. The zero-order chi connectivity index (χ0) is 13.9. The van der Waals surface area contributed by atoms with Gasteiger partial charge in [-0.2, -0.15) is 0 Å². The third-order valence-corrected chi connectivity index (χ3v) is 6.51. The average Bonchev–Trinajstić information content (AvgIpc) is 3.05. The van der Waals surface area contributed by atoms with E-state index in [0.29, 0.717) is 34.8 Å². The number of halogens is 2. The summed E-state index contributed by atoms with van der Waals surface area (Å²) in [6.45, 7) is 0. The molecule has 0 saturated heterocycles. The van der Waals surface area contributed by atoms with Crippen LogP contribution in [0.5, 0.6) is 0 Å². The molecule has 108 valence electrons. The molecule has 1 aromatic carbocycles. The van der Waals surface area contributed by atoms with E-state index in [1.807, 2.05) is 0 Å². The standard InChI is InChI=1S/C17H20ClFO/c18-15-5-2-6-16(19)13(15)9-17(20)8-10-7-14(17)12-4-1-3-11(10)12/h2,5-6,10-12,14,20H,1,3-4,7-9H2. The average molecular weight is 295 g/mol. The fourth-order valence-corrected chi connectivity index (χ4v) is 5.68. The maximum Gasteiger partial charge on any atom is 0.127 e. The van der Waals surface area contributed by atoms with Gasteiger partial charge >= 0.3 is 0 Å². The van der Waals surface area contributed by atoms with Crippen LogP contribution >= 0.6 is 11.6 Å². The van der Waals surface area contributed by atoms with Crippen LogP contribution in [0.25, 0.3) is 0 Å². The summed E-state index contributed by atoms with van der Waals surface area (Å²) >= 11 is 6.13. The van der Waals surface area contributed by atoms with Gasteiger partial charge in [0, 0.05) is 17.0 Å². The Bertz CT molecular complexity index is 526. The van der Waals surface area contributed by atoms with Crippen molar-refractivity contribution < 1.29 is 9.50 Å². The number of fused-ring (bicyclic) bond motifs is 5. The van der Waals surface area contributed by atoms with E-state index in [0.717, 1.165) is 18.8 Å². The largest absolute Gasteiger partial charge is 0.389 e. The van der Waals surface area contributed by atoms with Crippen molar-refractivity contribution in [2.24, 2.45) is 23.7 Å². The maximum absolute atomic E-state index is 14.0. The number of hydrogen-bond acceptors (Lipinski definition) is 1. The molecule has 0 radical (unpaired) electrons. The predicted molar refractivity (Wildman–Crippen MR) is 77.1 cm³/mol. The minimum atomic E-state index is -0.734. The van der Waals surface area contributed by atoms with E-state index >= 15 is 0 Å². The molecule has 0 spiro atoms. The third-order valence-electron chi connectivity index (χ3n) is 6.15. The van der Waals surface area contributed by atoms with Crippen LogP contribution in [-0.2, 0) is 6.42 Å². The highest BCUT2D eigenvalue weighted by molar-refractivity contribution is 6.31. The van der Waals surface area contributed by atoms with E-state index in [-0.39, 0.29) is 5.82 Å². The molecule has 1 N–H and O–H groups in total. The van der Waals surface area contributed by atoms with Gasteiger partial charge in [0.2, 0.25) is 0 Å². The zero-order valence-electron chi connectivity index (χ0n) is 11.5. The number of hydrogen-bond donors (Lipinski definition) is 1. The van der Waals surface area contributed by atoms with E-state index in [2.05, 4.69) is 0 Å². The van der Waals surface area contributed by atoms with Crippen LogP contribution in [0.3, 0.4) is 0 Å². The Morgan fingerprint density at radius 3 is 2.90 bits per heavy atom. The van der Waals surface area contributed by atoms with Crippen molar-refractivity contribution in [1.82, 2.24) is 0 Å². The number of rotatable bonds is 2. The van der Waals surface area contributed by atoms with Crippen molar-refractivity contribution in [3.63, 3.8) is 0 Å². The van der Waals surface area contributed by atoms with E-state index in [1.54, 1.807) is 12.1 Å².